The van der Waals surface area contributed by atoms with E-state index in [2.05, 4.69) is 0 Å². The molecule has 0 aliphatic heterocycles. The Labute approximate surface area is 149 Å². The van der Waals surface area contributed by atoms with Crippen LogP contribution in [-0.2, 0) is 26.5 Å². The van der Waals surface area contributed by atoms with Crippen molar-refractivity contribution < 1.29 is 23.5 Å². The Morgan fingerprint density at radius 3 is 1.54 bits per heavy atom. The van der Waals surface area contributed by atoms with Gasteiger partial charge in [0, 0.05) is 40.7 Å². The summed E-state index contributed by atoms with van der Waals surface area (Å²) in [6.45, 7) is -0.0168. The first-order valence-corrected chi connectivity index (χ1v) is 8.76. The Morgan fingerprint density at radius 1 is 0.769 bits per heavy atom. The van der Waals surface area contributed by atoms with Crippen molar-refractivity contribution in [2.45, 2.75) is 12.8 Å². The predicted molar refractivity (Wildman–Crippen MR) is 93.1 cm³/mol. The zero-order chi connectivity index (χ0) is 18.9. The largest absolute Gasteiger partial charge is 0.697 e. The number of nitro benzene ring substituents is 2. The van der Waals surface area contributed by atoms with E-state index in [1.165, 1.54) is 12.1 Å². The van der Waals surface area contributed by atoms with Crippen LogP contribution in [0.2, 0.25) is 0 Å². The zero-order valence-corrected chi connectivity index (χ0v) is 14.5. The van der Waals surface area contributed by atoms with Gasteiger partial charge in [0.15, 0.2) is 0 Å². The predicted octanol–water partition coefficient (Wildman–Crippen LogP) is 3.98. The smallest absolute Gasteiger partial charge is 0.258 e. The summed E-state index contributed by atoms with van der Waals surface area (Å²) >= 11 is 0. The summed E-state index contributed by atoms with van der Waals surface area (Å²) in [5.74, 6) is 0. The fourth-order valence-corrected chi connectivity index (χ4v) is 2.85. The minimum absolute atomic E-state index is 0.00839. The van der Waals surface area contributed by atoms with Gasteiger partial charge in [-0.3, -0.25) is 20.2 Å². The van der Waals surface area contributed by atoms with E-state index >= 15 is 0 Å². The van der Waals surface area contributed by atoms with Crippen LogP contribution in [0.5, 0.6) is 0 Å². The quantitative estimate of drug-likeness (QED) is 0.348. The third kappa shape index (κ3) is 5.66. The molecule has 0 fully saturated rings. The normalized spacial score (nSPS) is 10.5. The standard InChI is InChI=1S/C16H16N2O7P/c19-17(20)15-7-3-1-5-13(15)9-11-24-26(23)25-12-10-14-6-2-4-8-16(14)18(21)22/h1-8H,9-12H2/q+1. The van der Waals surface area contributed by atoms with Crippen LogP contribution in [0.4, 0.5) is 11.4 Å². The number of nitrogens with zero attached hydrogens (tertiary/aromatic N) is 2. The number of benzene rings is 2. The van der Waals surface area contributed by atoms with Crippen LogP contribution in [0, 0.1) is 20.2 Å². The van der Waals surface area contributed by atoms with Gasteiger partial charge in [-0.25, -0.2) is 0 Å². The van der Waals surface area contributed by atoms with Gasteiger partial charge >= 0.3 is 8.25 Å². The summed E-state index contributed by atoms with van der Waals surface area (Å²) in [5.41, 5.74) is 0.897. The van der Waals surface area contributed by atoms with Gasteiger partial charge in [0.2, 0.25) is 0 Å². The van der Waals surface area contributed by atoms with Gasteiger partial charge in [0.1, 0.15) is 13.2 Å². The van der Waals surface area contributed by atoms with Crippen molar-refractivity contribution in [3.63, 3.8) is 0 Å². The van der Waals surface area contributed by atoms with E-state index < -0.39 is 18.1 Å². The molecule has 2 aromatic rings. The van der Waals surface area contributed by atoms with Crippen molar-refractivity contribution in [2.24, 2.45) is 0 Å². The number of rotatable bonds is 10. The number of nitro groups is 2. The highest BCUT2D eigenvalue weighted by Gasteiger charge is 2.22. The van der Waals surface area contributed by atoms with Crippen LogP contribution in [0.25, 0.3) is 0 Å². The SMILES string of the molecule is O=[N+]([O-])c1ccccc1CCO[P+](=O)OCCc1ccccc1[N+](=O)[O-]. The van der Waals surface area contributed by atoms with Gasteiger partial charge in [0.05, 0.1) is 9.85 Å². The van der Waals surface area contributed by atoms with Crippen molar-refractivity contribution in [3.05, 3.63) is 79.9 Å². The summed E-state index contributed by atoms with van der Waals surface area (Å²) in [6, 6.07) is 12.5. The molecule has 0 N–H and O–H groups in total. The molecule has 2 aromatic carbocycles. The number of hydrogen-bond acceptors (Lipinski definition) is 7. The van der Waals surface area contributed by atoms with Gasteiger partial charge in [-0.2, -0.15) is 0 Å². The van der Waals surface area contributed by atoms with E-state index in [0.29, 0.717) is 11.1 Å². The summed E-state index contributed by atoms with van der Waals surface area (Å²) < 4.78 is 21.8. The van der Waals surface area contributed by atoms with Crippen molar-refractivity contribution in [3.8, 4) is 0 Å². The molecule has 0 atom stereocenters. The molecule has 0 radical (unpaired) electrons. The lowest BCUT2D eigenvalue weighted by Gasteiger charge is -2.00. The molecule has 0 bridgehead atoms. The Kier molecular flexibility index (Phi) is 7.28. The van der Waals surface area contributed by atoms with Gasteiger partial charge in [-0.05, 0) is 0 Å². The summed E-state index contributed by atoms with van der Waals surface area (Å²) in [6.07, 6.45) is 0.428. The third-order valence-corrected chi connectivity index (χ3v) is 4.30. The van der Waals surface area contributed by atoms with Crippen LogP contribution >= 0.6 is 8.25 Å². The van der Waals surface area contributed by atoms with Crippen LogP contribution in [-0.4, -0.2) is 23.1 Å². The average molecular weight is 379 g/mol. The van der Waals surface area contributed by atoms with E-state index in [0.717, 1.165) is 0 Å². The van der Waals surface area contributed by atoms with Crippen molar-refractivity contribution in [1.82, 2.24) is 0 Å². The van der Waals surface area contributed by atoms with Crippen LogP contribution in [0.1, 0.15) is 11.1 Å². The van der Waals surface area contributed by atoms with Gasteiger partial charge in [-0.15, -0.1) is 9.05 Å². The Bertz CT molecular complexity index is 747. The second-order valence-corrected chi connectivity index (χ2v) is 6.13. The second kappa shape index (κ2) is 9.67. The number of hydrogen-bond donors (Lipinski definition) is 0. The fourth-order valence-electron chi connectivity index (χ4n) is 2.30. The lowest BCUT2D eigenvalue weighted by atomic mass is 10.1. The molecule has 0 saturated carbocycles. The number of para-hydroxylation sites is 2. The topological polar surface area (TPSA) is 122 Å². The van der Waals surface area contributed by atoms with Crippen molar-refractivity contribution >= 4 is 19.6 Å². The first-order chi connectivity index (χ1) is 12.5. The molecular formula is C16H16N2O7P+. The molecule has 2 rings (SSSR count). The van der Waals surface area contributed by atoms with Crippen LogP contribution in [0.15, 0.2) is 48.5 Å². The highest BCUT2D eigenvalue weighted by atomic mass is 31.1. The monoisotopic (exact) mass is 379 g/mol. The molecular weight excluding hydrogens is 363 g/mol. The summed E-state index contributed by atoms with van der Waals surface area (Å²) in [4.78, 5) is 20.8. The van der Waals surface area contributed by atoms with E-state index in [4.69, 9.17) is 9.05 Å². The molecule has 0 unspecified atom stereocenters. The first kappa shape index (κ1) is 19.6. The van der Waals surface area contributed by atoms with E-state index in [9.17, 15) is 24.8 Å². The molecule has 136 valence electrons. The molecule has 9 nitrogen and oxygen atoms in total. The first-order valence-electron chi connectivity index (χ1n) is 7.66. The van der Waals surface area contributed by atoms with Gasteiger partial charge in [-0.1, -0.05) is 36.4 Å². The van der Waals surface area contributed by atoms with E-state index in [-0.39, 0.29) is 37.4 Å². The third-order valence-electron chi connectivity index (χ3n) is 3.51. The summed E-state index contributed by atoms with van der Waals surface area (Å²) in [5, 5.41) is 21.8. The van der Waals surface area contributed by atoms with Gasteiger partial charge < -0.3 is 0 Å². The van der Waals surface area contributed by atoms with E-state index in [1.807, 2.05) is 0 Å². The maximum absolute atomic E-state index is 11.7. The molecule has 10 heteroatoms. The average Bonchev–Trinajstić information content (AvgIpc) is 2.62. The molecule has 0 spiro atoms. The lowest BCUT2D eigenvalue weighted by Crippen LogP contribution is -2.01. The molecule has 0 amide bonds. The molecule has 0 saturated heterocycles. The van der Waals surface area contributed by atoms with Crippen molar-refractivity contribution in [2.75, 3.05) is 13.2 Å². The van der Waals surface area contributed by atoms with Crippen LogP contribution in [0.3, 0.4) is 0 Å². The Hall–Kier alpha value is -2.74. The zero-order valence-electron chi connectivity index (χ0n) is 13.6. The minimum Gasteiger partial charge on any atom is -0.258 e. The maximum atomic E-state index is 11.7. The molecule has 0 aliphatic rings. The minimum atomic E-state index is -2.41. The molecule has 0 aromatic heterocycles. The van der Waals surface area contributed by atoms with Gasteiger partial charge in [0.25, 0.3) is 11.4 Å². The molecule has 0 heterocycles. The van der Waals surface area contributed by atoms with E-state index in [1.54, 1.807) is 36.4 Å². The lowest BCUT2D eigenvalue weighted by molar-refractivity contribution is -0.385. The fraction of sp³-hybridized carbons (Fsp3) is 0.250. The maximum Gasteiger partial charge on any atom is 0.697 e. The summed E-state index contributed by atoms with van der Waals surface area (Å²) in [7, 11) is -2.41. The van der Waals surface area contributed by atoms with Crippen LogP contribution < -0.4 is 0 Å². The Balaban J connectivity index is 1.77. The highest BCUT2D eigenvalue weighted by Crippen LogP contribution is 2.26. The van der Waals surface area contributed by atoms with Crippen molar-refractivity contribution in [1.29, 1.82) is 0 Å². The highest BCUT2D eigenvalue weighted by molar-refractivity contribution is 7.33. The Morgan fingerprint density at radius 2 is 1.15 bits per heavy atom. The second-order valence-electron chi connectivity index (χ2n) is 5.16. The molecule has 0 aliphatic carbocycles. The molecule has 26 heavy (non-hydrogen) atoms.